The van der Waals surface area contributed by atoms with Crippen LogP contribution in [0.25, 0.3) is 0 Å². The molecule has 0 aromatic carbocycles. The summed E-state index contributed by atoms with van der Waals surface area (Å²) in [5.74, 6) is -0.660. The summed E-state index contributed by atoms with van der Waals surface area (Å²) < 4.78 is 1.09. The minimum Gasteiger partial charge on any atom is -0.481 e. The highest BCUT2D eigenvalue weighted by atomic mass is 16.4. The fourth-order valence-electron chi connectivity index (χ4n) is 4.19. The van der Waals surface area contributed by atoms with Gasteiger partial charge in [0.15, 0.2) is 0 Å². The lowest BCUT2D eigenvalue weighted by atomic mass is 10.0. The zero-order chi connectivity index (χ0) is 21.6. The Balaban J connectivity index is 3.26. The predicted octanol–water partition coefficient (Wildman–Crippen LogP) is 7.97. The average molecular weight is 413 g/mol. The fraction of sp³-hybridized carbons (Fsp3) is 0.962. The fourth-order valence-corrected chi connectivity index (χ4v) is 4.19. The van der Waals surface area contributed by atoms with E-state index in [9.17, 15) is 4.79 Å². The number of carboxylic acids is 1. The van der Waals surface area contributed by atoms with E-state index in [2.05, 4.69) is 21.0 Å². The molecule has 0 saturated carbocycles. The third-order valence-electron chi connectivity index (χ3n) is 6.27. The lowest BCUT2D eigenvalue weighted by Gasteiger charge is -2.30. The molecule has 0 aromatic rings. The summed E-state index contributed by atoms with van der Waals surface area (Å²) in [6, 6.07) is 0. The summed E-state index contributed by atoms with van der Waals surface area (Å²) in [6.07, 6.45) is 26.2. The van der Waals surface area contributed by atoms with Crippen molar-refractivity contribution in [3.63, 3.8) is 0 Å². The smallest absolute Gasteiger partial charge is 0.303 e. The van der Waals surface area contributed by atoms with E-state index < -0.39 is 5.97 Å². The molecule has 29 heavy (non-hydrogen) atoms. The number of carboxylic acid groups (broad SMARTS) is 1. The minimum absolute atomic E-state index is 0.326. The molecule has 0 saturated heterocycles. The number of rotatable bonds is 23. The van der Waals surface area contributed by atoms with Gasteiger partial charge in [-0.05, 0) is 32.1 Å². The zero-order valence-corrected chi connectivity index (χ0v) is 20.4. The Hall–Kier alpha value is -0.570. The topological polar surface area (TPSA) is 37.3 Å². The molecule has 0 rings (SSSR count). The number of unbranched alkanes of at least 4 members (excludes halogenated alkanes) is 17. The molecule has 0 unspecified atom stereocenters. The quantitative estimate of drug-likeness (QED) is 0.136. The molecule has 0 radical (unpaired) electrons. The van der Waals surface area contributed by atoms with Crippen LogP contribution in [-0.2, 0) is 4.79 Å². The van der Waals surface area contributed by atoms with E-state index in [0.29, 0.717) is 6.42 Å². The largest absolute Gasteiger partial charge is 0.481 e. The van der Waals surface area contributed by atoms with Gasteiger partial charge < -0.3 is 9.59 Å². The summed E-state index contributed by atoms with van der Waals surface area (Å²) in [6.45, 7) is 4.73. The minimum atomic E-state index is -0.660. The molecule has 0 aliphatic rings. The first-order valence-electron chi connectivity index (χ1n) is 13.0. The molecule has 0 aliphatic carbocycles. The Labute approximate surface area is 183 Å². The zero-order valence-electron chi connectivity index (χ0n) is 20.4. The molecule has 1 N–H and O–H groups in total. The Bertz CT molecular complexity index is 355. The van der Waals surface area contributed by atoms with Crippen molar-refractivity contribution in [2.24, 2.45) is 0 Å². The number of hydrogen-bond donors (Lipinski definition) is 1. The van der Waals surface area contributed by atoms with Gasteiger partial charge >= 0.3 is 5.97 Å². The first-order chi connectivity index (χ1) is 14.0. The second kappa shape index (κ2) is 20.7. The molecule has 0 aromatic heterocycles. The van der Waals surface area contributed by atoms with Crippen LogP contribution in [-0.4, -0.2) is 42.7 Å². The van der Waals surface area contributed by atoms with Gasteiger partial charge in [-0.3, -0.25) is 4.79 Å². The van der Waals surface area contributed by atoms with Crippen LogP contribution in [0.4, 0.5) is 0 Å². The highest BCUT2D eigenvalue weighted by Crippen LogP contribution is 2.14. The summed E-state index contributed by atoms with van der Waals surface area (Å²) >= 11 is 0. The first kappa shape index (κ1) is 28.4. The number of hydrogen-bond acceptors (Lipinski definition) is 1. The molecule has 3 nitrogen and oxygen atoms in total. The molecule has 0 spiro atoms. The van der Waals surface area contributed by atoms with Gasteiger partial charge in [0.25, 0.3) is 0 Å². The van der Waals surface area contributed by atoms with E-state index in [1.165, 1.54) is 116 Å². The van der Waals surface area contributed by atoms with E-state index in [1.807, 2.05) is 0 Å². The average Bonchev–Trinajstić information content (AvgIpc) is 2.67. The van der Waals surface area contributed by atoms with Crippen LogP contribution in [0.15, 0.2) is 0 Å². The van der Waals surface area contributed by atoms with Crippen LogP contribution < -0.4 is 0 Å². The van der Waals surface area contributed by atoms with Crippen molar-refractivity contribution < 1.29 is 14.4 Å². The highest BCUT2D eigenvalue weighted by Gasteiger charge is 2.13. The van der Waals surface area contributed by atoms with Crippen LogP contribution in [0.3, 0.4) is 0 Å². The Morgan fingerprint density at radius 1 is 0.552 bits per heavy atom. The molecule has 0 fully saturated rings. The summed E-state index contributed by atoms with van der Waals surface area (Å²) in [7, 11) is 4.64. The Morgan fingerprint density at radius 3 is 1.21 bits per heavy atom. The monoisotopic (exact) mass is 412 g/mol. The Kier molecular flexibility index (Phi) is 20.3. The highest BCUT2D eigenvalue weighted by molar-refractivity contribution is 5.66. The van der Waals surface area contributed by atoms with Gasteiger partial charge in [-0.15, -0.1) is 0 Å². The summed E-state index contributed by atoms with van der Waals surface area (Å²) in [4.78, 5) is 10.5. The standard InChI is InChI=1S/C26H53NO2/c1-4-5-6-7-8-9-10-11-12-13-14-15-16-17-18-21-24-27(2,3)25-22-19-20-23-26(28)29/h4-25H2,1-3H3/p+1. The van der Waals surface area contributed by atoms with Crippen molar-refractivity contribution >= 4 is 5.97 Å². The van der Waals surface area contributed by atoms with E-state index in [4.69, 9.17) is 5.11 Å². The first-order valence-corrected chi connectivity index (χ1v) is 13.0. The van der Waals surface area contributed by atoms with Crippen molar-refractivity contribution in [2.75, 3.05) is 27.2 Å². The van der Waals surface area contributed by atoms with Crippen molar-refractivity contribution in [1.29, 1.82) is 0 Å². The van der Waals surface area contributed by atoms with Gasteiger partial charge in [0.1, 0.15) is 0 Å². The van der Waals surface area contributed by atoms with Gasteiger partial charge in [0, 0.05) is 6.42 Å². The normalized spacial score (nSPS) is 11.8. The van der Waals surface area contributed by atoms with Gasteiger partial charge in [0.2, 0.25) is 0 Å². The van der Waals surface area contributed by atoms with Gasteiger partial charge in [-0.1, -0.05) is 96.8 Å². The second-order valence-electron chi connectivity index (χ2n) is 9.89. The van der Waals surface area contributed by atoms with Crippen molar-refractivity contribution in [1.82, 2.24) is 0 Å². The molecule has 0 bridgehead atoms. The van der Waals surface area contributed by atoms with Gasteiger partial charge in [-0.25, -0.2) is 0 Å². The molecule has 0 amide bonds. The summed E-state index contributed by atoms with van der Waals surface area (Å²) in [5, 5.41) is 8.68. The lowest BCUT2D eigenvalue weighted by molar-refractivity contribution is -0.890. The van der Waals surface area contributed by atoms with Crippen LogP contribution >= 0.6 is 0 Å². The van der Waals surface area contributed by atoms with E-state index >= 15 is 0 Å². The predicted molar refractivity (Wildman–Crippen MR) is 127 cm³/mol. The van der Waals surface area contributed by atoms with Crippen LogP contribution in [0.2, 0.25) is 0 Å². The number of nitrogens with zero attached hydrogens (tertiary/aromatic N) is 1. The van der Waals surface area contributed by atoms with Crippen LogP contribution in [0.5, 0.6) is 0 Å². The third kappa shape index (κ3) is 23.6. The van der Waals surface area contributed by atoms with Crippen molar-refractivity contribution in [2.45, 2.75) is 135 Å². The Morgan fingerprint density at radius 2 is 0.862 bits per heavy atom. The molecular formula is C26H54NO2+. The molecule has 174 valence electrons. The lowest BCUT2D eigenvalue weighted by Crippen LogP contribution is -2.41. The SMILES string of the molecule is CCCCCCCCCCCCCCCCCC[N+](C)(C)CCCCCC(=O)O. The maximum absolute atomic E-state index is 10.5. The van der Waals surface area contributed by atoms with Gasteiger partial charge in [-0.2, -0.15) is 0 Å². The van der Waals surface area contributed by atoms with E-state index in [1.54, 1.807) is 0 Å². The van der Waals surface area contributed by atoms with Crippen molar-refractivity contribution in [3.8, 4) is 0 Å². The van der Waals surface area contributed by atoms with Crippen LogP contribution in [0.1, 0.15) is 135 Å². The maximum Gasteiger partial charge on any atom is 0.303 e. The molecule has 0 aliphatic heterocycles. The van der Waals surface area contributed by atoms with E-state index in [-0.39, 0.29) is 0 Å². The maximum atomic E-state index is 10.5. The molecule has 0 atom stereocenters. The molecule has 0 heterocycles. The molecule has 3 heteroatoms. The van der Waals surface area contributed by atoms with E-state index in [0.717, 1.165) is 23.7 Å². The summed E-state index contributed by atoms with van der Waals surface area (Å²) in [5.41, 5.74) is 0. The third-order valence-corrected chi connectivity index (χ3v) is 6.27. The number of aliphatic carboxylic acids is 1. The second-order valence-corrected chi connectivity index (χ2v) is 9.89. The van der Waals surface area contributed by atoms with Gasteiger partial charge in [0.05, 0.1) is 27.2 Å². The molecular weight excluding hydrogens is 358 g/mol. The van der Waals surface area contributed by atoms with Crippen molar-refractivity contribution in [3.05, 3.63) is 0 Å². The number of carbonyl (C=O) groups is 1. The van der Waals surface area contributed by atoms with Crippen LogP contribution in [0, 0.1) is 0 Å². The number of quaternary nitrogens is 1.